The van der Waals surface area contributed by atoms with Gasteiger partial charge in [-0.1, -0.05) is 66.7 Å². The summed E-state index contributed by atoms with van der Waals surface area (Å²) >= 11 is 0. The molecule has 0 saturated carbocycles. The van der Waals surface area contributed by atoms with E-state index in [0.29, 0.717) is 24.1 Å². The number of amides is 1. The number of methoxy groups -OCH3 is 1. The van der Waals surface area contributed by atoms with E-state index in [0.717, 1.165) is 10.9 Å². The Morgan fingerprint density at radius 3 is 2.39 bits per heavy atom. The summed E-state index contributed by atoms with van der Waals surface area (Å²) in [6.45, 7) is 0.603. The van der Waals surface area contributed by atoms with Crippen LogP contribution in [0.1, 0.15) is 11.3 Å². The molecule has 188 valence electrons. The topological polar surface area (TPSA) is 80.1 Å². The normalized spacial score (nSPS) is 11.7. The number of sulfonamides is 1. The standard InChI is InChI=1S/C28H30N2O5S/c1-34-20-18-30(36(32,33)27-15-7-12-24-11-5-6-14-26(24)27)22-28(31)29(21-25-13-8-19-35-25)17-16-23-9-3-2-4-10-23/h2-15,19H,16-18,20-22H2,1H3. The highest BCUT2D eigenvalue weighted by Gasteiger charge is 2.30. The first-order valence-corrected chi connectivity index (χ1v) is 13.2. The first-order chi connectivity index (χ1) is 17.5. The van der Waals surface area contributed by atoms with Gasteiger partial charge < -0.3 is 14.1 Å². The molecule has 8 heteroatoms. The first kappa shape index (κ1) is 25.6. The Balaban J connectivity index is 1.60. The molecule has 1 amide bonds. The maximum atomic E-state index is 13.8. The minimum absolute atomic E-state index is 0.0566. The molecule has 0 aliphatic rings. The second-order valence-corrected chi connectivity index (χ2v) is 10.3. The monoisotopic (exact) mass is 506 g/mol. The van der Waals surface area contributed by atoms with Crippen molar-refractivity contribution in [3.8, 4) is 0 Å². The van der Waals surface area contributed by atoms with Crippen molar-refractivity contribution in [1.82, 2.24) is 9.21 Å². The quantitative estimate of drug-likeness (QED) is 0.286. The molecular weight excluding hydrogens is 476 g/mol. The number of carbonyl (C=O) groups is 1. The average Bonchev–Trinajstić information content (AvgIpc) is 3.42. The van der Waals surface area contributed by atoms with E-state index < -0.39 is 10.0 Å². The highest BCUT2D eigenvalue weighted by molar-refractivity contribution is 7.89. The lowest BCUT2D eigenvalue weighted by atomic mass is 10.1. The van der Waals surface area contributed by atoms with Gasteiger partial charge in [-0.25, -0.2) is 8.42 Å². The number of hydrogen-bond acceptors (Lipinski definition) is 5. The van der Waals surface area contributed by atoms with Gasteiger partial charge in [-0.15, -0.1) is 0 Å². The Hall–Kier alpha value is -3.46. The van der Waals surface area contributed by atoms with Crippen molar-refractivity contribution in [1.29, 1.82) is 0 Å². The third kappa shape index (κ3) is 6.20. The molecule has 0 aliphatic heterocycles. The smallest absolute Gasteiger partial charge is 0.244 e. The van der Waals surface area contributed by atoms with Crippen LogP contribution in [-0.2, 0) is 32.5 Å². The van der Waals surface area contributed by atoms with Crippen LogP contribution in [-0.4, -0.2) is 56.9 Å². The van der Waals surface area contributed by atoms with Crippen LogP contribution >= 0.6 is 0 Å². The molecule has 0 radical (unpaired) electrons. The first-order valence-electron chi connectivity index (χ1n) is 11.8. The van der Waals surface area contributed by atoms with Crippen molar-refractivity contribution in [2.24, 2.45) is 0 Å². The molecule has 0 aliphatic carbocycles. The SMILES string of the molecule is COCCN(CC(=O)N(CCc1ccccc1)Cc1ccco1)S(=O)(=O)c1cccc2ccccc12. The zero-order valence-corrected chi connectivity index (χ0v) is 21.1. The molecule has 0 saturated heterocycles. The summed E-state index contributed by atoms with van der Waals surface area (Å²) in [6, 6.07) is 25.9. The molecule has 1 heterocycles. The summed E-state index contributed by atoms with van der Waals surface area (Å²) in [7, 11) is -2.47. The number of fused-ring (bicyclic) bond motifs is 1. The molecule has 36 heavy (non-hydrogen) atoms. The zero-order chi connectivity index (χ0) is 25.4. The largest absolute Gasteiger partial charge is 0.467 e. The van der Waals surface area contributed by atoms with Gasteiger partial charge in [-0.05, 0) is 35.6 Å². The van der Waals surface area contributed by atoms with Gasteiger partial charge in [0.2, 0.25) is 15.9 Å². The van der Waals surface area contributed by atoms with Gasteiger partial charge in [0.25, 0.3) is 0 Å². The fourth-order valence-electron chi connectivity index (χ4n) is 4.08. The van der Waals surface area contributed by atoms with Crippen LogP contribution in [0.15, 0.2) is 101 Å². The van der Waals surface area contributed by atoms with Gasteiger partial charge in [0.05, 0.1) is 30.9 Å². The highest BCUT2D eigenvalue weighted by atomic mass is 32.2. The minimum atomic E-state index is -3.98. The Morgan fingerprint density at radius 2 is 1.64 bits per heavy atom. The number of furan rings is 1. The molecule has 4 rings (SSSR count). The van der Waals surface area contributed by atoms with Crippen molar-refractivity contribution in [2.75, 3.05) is 33.4 Å². The summed E-state index contributed by atoms with van der Waals surface area (Å²) < 4.78 is 39.4. The second-order valence-electron chi connectivity index (χ2n) is 8.44. The predicted molar refractivity (Wildman–Crippen MR) is 139 cm³/mol. The van der Waals surface area contributed by atoms with Gasteiger partial charge in [0.1, 0.15) is 5.76 Å². The average molecular weight is 507 g/mol. The van der Waals surface area contributed by atoms with Crippen LogP contribution in [0, 0.1) is 0 Å². The lowest BCUT2D eigenvalue weighted by Crippen LogP contribution is -2.44. The third-order valence-corrected chi connectivity index (χ3v) is 7.92. The van der Waals surface area contributed by atoms with Gasteiger partial charge in [-0.2, -0.15) is 4.31 Å². The van der Waals surface area contributed by atoms with E-state index in [1.54, 1.807) is 47.6 Å². The molecule has 0 atom stereocenters. The molecule has 7 nitrogen and oxygen atoms in total. The third-order valence-electron chi connectivity index (χ3n) is 6.02. The number of hydrogen-bond donors (Lipinski definition) is 0. The summed E-state index contributed by atoms with van der Waals surface area (Å²) in [5.74, 6) is 0.332. The molecule has 3 aromatic carbocycles. The van der Waals surface area contributed by atoms with E-state index in [1.165, 1.54) is 11.4 Å². The fourth-order valence-corrected chi connectivity index (χ4v) is 5.67. The Morgan fingerprint density at radius 1 is 0.889 bits per heavy atom. The Kier molecular flexibility index (Phi) is 8.53. The molecule has 0 N–H and O–H groups in total. The van der Waals surface area contributed by atoms with Gasteiger partial charge in [-0.3, -0.25) is 4.79 Å². The van der Waals surface area contributed by atoms with Gasteiger partial charge >= 0.3 is 0 Å². The molecule has 0 bridgehead atoms. The van der Waals surface area contributed by atoms with Gasteiger partial charge in [0, 0.05) is 25.6 Å². The maximum absolute atomic E-state index is 13.8. The van der Waals surface area contributed by atoms with Crippen LogP contribution in [0.2, 0.25) is 0 Å². The van der Waals surface area contributed by atoms with Gasteiger partial charge in [0.15, 0.2) is 0 Å². The van der Waals surface area contributed by atoms with Crippen LogP contribution in [0.3, 0.4) is 0 Å². The molecule has 0 fully saturated rings. The van der Waals surface area contributed by atoms with Crippen LogP contribution in [0.5, 0.6) is 0 Å². The van der Waals surface area contributed by atoms with E-state index >= 15 is 0 Å². The fraction of sp³-hybridized carbons (Fsp3) is 0.250. The summed E-state index contributed by atoms with van der Waals surface area (Å²) in [4.78, 5) is 15.4. The predicted octanol–water partition coefficient (Wildman–Crippen LogP) is 4.34. The second kappa shape index (κ2) is 12.0. The summed E-state index contributed by atoms with van der Waals surface area (Å²) in [5, 5.41) is 1.44. The Labute approximate surface area is 211 Å². The van der Waals surface area contributed by atoms with Crippen molar-refractivity contribution >= 4 is 26.7 Å². The molecule has 0 spiro atoms. The minimum Gasteiger partial charge on any atom is -0.467 e. The van der Waals surface area contributed by atoms with Crippen molar-refractivity contribution in [3.05, 3.63) is 103 Å². The molecule has 0 unspecified atom stereocenters. The molecular formula is C28H30N2O5S. The maximum Gasteiger partial charge on any atom is 0.244 e. The van der Waals surface area contributed by atoms with E-state index in [1.807, 2.05) is 48.5 Å². The Bertz CT molecular complexity index is 1370. The van der Waals surface area contributed by atoms with Crippen LogP contribution in [0.25, 0.3) is 10.8 Å². The summed E-state index contributed by atoms with van der Waals surface area (Å²) in [6.07, 6.45) is 2.20. The van der Waals surface area contributed by atoms with Crippen molar-refractivity contribution in [2.45, 2.75) is 17.9 Å². The highest BCUT2D eigenvalue weighted by Crippen LogP contribution is 2.26. The number of ether oxygens (including phenoxy) is 1. The van der Waals surface area contributed by atoms with Crippen LogP contribution < -0.4 is 0 Å². The number of rotatable bonds is 12. The molecule has 1 aromatic heterocycles. The van der Waals surface area contributed by atoms with Crippen molar-refractivity contribution in [3.63, 3.8) is 0 Å². The van der Waals surface area contributed by atoms with E-state index in [2.05, 4.69) is 0 Å². The van der Waals surface area contributed by atoms with E-state index in [9.17, 15) is 13.2 Å². The number of nitrogens with zero attached hydrogens (tertiary/aromatic N) is 2. The number of benzene rings is 3. The van der Waals surface area contributed by atoms with Crippen molar-refractivity contribution < 1.29 is 22.4 Å². The molecule has 4 aromatic rings. The van der Waals surface area contributed by atoms with E-state index in [4.69, 9.17) is 9.15 Å². The van der Waals surface area contributed by atoms with Crippen LogP contribution in [0.4, 0.5) is 0 Å². The zero-order valence-electron chi connectivity index (χ0n) is 20.2. The van der Waals surface area contributed by atoms with E-state index in [-0.39, 0.29) is 37.0 Å². The summed E-state index contributed by atoms with van der Waals surface area (Å²) in [5.41, 5.74) is 1.09. The lowest BCUT2D eigenvalue weighted by Gasteiger charge is -2.27. The lowest BCUT2D eigenvalue weighted by molar-refractivity contribution is -0.132. The number of carbonyl (C=O) groups excluding carboxylic acids is 1.